The van der Waals surface area contributed by atoms with Gasteiger partial charge in [-0.2, -0.15) is 0 Å². The number of fused-ring (bicyclic) bond motifs is 1. The lowest BCUT2D eigenvalue weighted by atomic mass is 9.88. The summed E-state index contributed by atoms with van der Waals surface area (Å²) in [6.45, 7) is 5.76. The average molecular weight is 372 g/mol. The van der Waals surface area contributed by atoms with Crippen molar-refractivity contribution >= 4 is 12.2 Å². The maximum atomic E-state index is 12.2. The lowest BCUT2D eigenvalue weighted by Gasteiger charge is -2.35. The van der Waals surface area contributed by atoms with Gasteiger partial charge in [0.15, 0.2) is 0 Å². The van der Waals surface area contributed by atoms with E-state index in [-0.39, 0.29) is 11.8 Å². The number of carbonyl (C=O) groups is 2. The Morgan fingerprint density at radius 3 is 2.74 bits per heavy atom. The highest BCUT2D eigenvalue weighted by atomic mass is 16.1. The van der Waals surface area contributed by atoms with E-state index in [0.717, 1.165) is 37.3 Å². The summed E-state index contributed by atoms with van der Waals surface area (Å²) in [4.78, 5) is 28.0. The van der Waals surface area contributed by atoms with E-state index in [1.807, 2.05) is 0 Å². The van der Waals surface area contributed by atoms with Crippen LogP contribution in [0.4, 0.5) is 0 Å². The third-order valence-electron chi connectivity index (χ3n) is 6.21. The number of amides is 1. The van der Waals surface area contributed by atoms with Gasteiger partial charge in [-0.05, 0) is 68.4 Å². The van der Waals surface area contributed by atoms with Crippen LogP contribution in [0.5, 0.6) is 0 Å². The molecule has 1 N–H and O–H groups in total. The first-order valence-electron chi connectivity index (χ1n) is 10.3. The molecule has 5 heteroatoms. The largest absolute Gasteiger partial charge is 0.359 e. The predicted molar refractivity (Wildman–Crippen MR) is 108 cm³/mol. The number of nitrogens with zero attached hydrogens (tertiary/aromatic N) is 2. The minimum absolute atomic E-state index is 0.00324. The molecule has 2 aliphatic rings. The minimum atomic E-state index is -0.234. The first kappa shape index (κ1) is 20.0. The second kappa shape index (κ2) is 9.47. The molecule has 0 aliphatic carbocycles. The van der Waals surface area contributed by atoms with Gasteiger partial charge in [-0.1, -0.05) is 18.2 Å². The van der Waals surface area contributed by atoms with Crippen LogP contribution >= 0.6 is 0 Å². The second-order valence-corrected chi connectivity index (χ2v) is 8.17. The molecule has 2 heterocycles. The molecule has 2 aliphatic heterocycles. The molecule has 1 atom stereocenters. The van der Waals surface area contributed by atoms with E-state index in [1.165, 1.54) is 43.6 Å². The van der Waals surface area contributed by atoms with Gasteiger partial charge in [-0.3, -0.25) is 9.69 Å². The molecule has 5 nitrogen and oxygen atoms in total. The number of benzene rings is 1. The van der Waals surface area contributed by atoms with E-state index >= 15 is 0 Å². The summed E-state index contributed by atoms with van der Waals surface area (Å²) in [5, 5.41) is 2.74. The number of likely N-dealkylation sites (tertiary alicyclic amines) is 1. The molecule has 1 aromatic rings. The Bertz CT molecular complexity index is 653. The van der Waals surface area contributed by atoms with Crippen molar-refractivity contribution < 1.29 is 9.59 Å². The van der Waals surface area contributed by atoms with Crippen molar-refractivity contribution in [3.05, 3.63) is 34.9 Å². The Labute approximate surface area is 163 Å². The highest BCUT2D eigenvalue weighted by Gasteiger charge is 2.24. The highest BCUT2D eigenvalue weighted by Crippen LogP contribution is 2.28. The highest BCUT2D eigenvalue weighted by molar-refractivity contribution is 5.83. The first-order chi connectivity index (χ1) is 13.1. The average Bonchev–Trinajstić information content (AvgIpc) is 2.69. The minimum Gasteiger partial charge on any atom is -0.359 e. The van der Waals surface area contributed by atoms with Gasteiger partial charge in [-0.15, -0.1) is 0 Å². The predicted octanol–water partition coefficient (Wildman–Crippen LogP) is 2.20. The van der Waals surface area contributed by atoms with E-state index < -0.39 is 0 Å². The van der Waals surface area contributed by atoms with Crippen LogP contribution in [0, 0.1) is 5.92 Å². The maximum Gasteiger partial charge on any atom is 0.227 e. The van der Waals surface area contributed by atoms with Crippen LogP contribution in [0.1, 0.15) is 48.3 Å². The van der Waals surface area contributed by atoms with Crippen LogP contribution in [-0.2, 0) is 22.6 Å². The Kier molecular flexibility index (Phi) is 7.02. The molecule has 148 valence electrons. The number of likely N-dealkylation sites (N-methyl/N-ethyl adjacent to an activating group) is 1. The number of hydrogen-bond donors (Lipinski definition) is 1. The number of carbonyl (C=O) groups excluding carboxylic acids is 2. The van der Waals surface area contributed by atoms with Crippen molar-refractivity contribution in [1.29, 1.82) is 0 Å². The fraction of sp³-hybridized carbons (Fsp3) is 0.636. The number of nitrogens with one attached hydrogen (secondary N) is 1. The lowest BCUT2D eigenvalue weighted by molar-refractivity contribution is -0.122. The fourth-order valence-electron chi connectivity index (χ4n) is 4.47. The second-order valence-electron chi connectivity index (χ2n) is 8.17. The molecule has 27 heavy (non-hydrogen) atoms. The molecule has 1 unspecified atom stereocenters. The van der Waals surface area contributed by atoms with Crippen molar-refractivity contribution in [1.82, 2.24) is 15.1 Å². The van der Waals surface area contributed by atoms with E-state index in [1.54, 1.807) is 7.05 Å². The van der Waals surface area contributed by atoms with Crippen molar-refractivity contribution in [2.24, 2.45) is 5.92 Å². The van der Waals surface area contributed by atoms with Gasteiger partial charge in [0.25, 0.3) is 0 Å². The molecule has 0 bridgehead atoms. The van der Waals surface area contributed by atoms with Gasteiger partial charge < -0.3 is 15.0 Å². The van der Waals surface area contributed by atoms with Crippen LogP contribution in [-0.4, -0.2) is 62.3 Å². The zero-order valence-electron chi connectivity index (χ0n) is 16.7. The molecule has 0 spiro atoms. The van der Waals surface area contributed by atoms with Crippen molar-refractivity contribution in [2.75, 3.05) is 40.3 Å². The zero-order chi connectivity index (χ0) is 19.2. The van der Waals surface area contributed by atoms with Gasteiger partial charge in [0.2, 0.25) is 5.91 Å². The number of piperidine rings is 1. The summed E-state index contributed by atoms with van der Waals surface area (Å²) in [5.41, 5.74) is 3.80. The molecule has 1 amide bonds. The zero-order valence-corrected chi connectivity index (χ0v) is 16.7. The van der Waals surface area contributed by atoms with E-state index in [9.17, 15) is 9.59 Å². The van der Waals surface area contributed by atoms with Crippen LogP contribution in [0.3, 0.4) is 0 Å². The molecule has 1 aromatic carbocycles. The van der Waals surface area contributed by atoms with Gasteiger partial charge in [0.05, 0.1) is 5.92 Å². The van der Waals surface area contributed by atoms with Crippen molar-refractivity contribution in [3.8, 4) is 0 Å². The van der Waals surface area contributed by atoms with E-state index in [0.29, 0.717) is 12.8 Å². The van der Waals surface area contributed by atoms with Crippen molar-refractivity contribution in [3.63, 3.8) is 0 Å². The first-order valence-corrected chi connectivity index (χ1v) is 10.3. The van der Waals surface area contributed by atoms with Crippen LogP contribution in [0.15, 0.2) is 18.2 Å². The molecular formula is C22H33N3O2. The molecule has 3 rings (SSSR count). The number of rotatable bonds is 7. The molecule has 0 saturated carbocycles. The van der Waals surface area contributed by atoms with Crippen LogP contribution in [0.2, 0.25) is 0 Å². The topological polar surface area (TPSA) is 52.7 Å². The molecule has 0 aromatic heterocycles. The fourth-order valence-corrected chi connectivity index (χ4v) is 4.47. The SMILES string of the molecule is CNC(=O)C(CCC=O)c1ccc2c(c1)CCN(CC1CCN(C)CC1)C2. The standard InChI is InChI=1S/C22H33N3O2/c1-23-22(27)21(4-3-13-26)19-5-6-20-16-25(12-9-18(20)14-19)15-17-7-10-24(2)11-8-17/h5-6,13-14,17,21H,3-4,7-12,15-16H2,1-2H3,(H,23,27). The lowest BCUT2D eigenvalue weighted by Crippen LogP contribution is -2.39. The quantitative estimate of drug-likeness (QED) is 0.747. The normalized spacial score (nSPS) is 20.1. The van der Waals surface area contributed by atoms with Gasteiger partial charge >= 0.3 is 0 Å². The Hall–Kier alpha value is -1.72. The van der Waals surface area contributed by atoms with Gasteiger partial charge in [-0.25, -0.2) is 0 Å². The Balaban J connectivity index is 1.64. The Morgan fingerprint density at radius 2 is 2.04 bits per heavy atom. The summed E-state index contributed by atoms with van der Waals surface area (Å²) in [5.74, 6) is 0.585. The van der Waals surface area contributed by atoms with E-state index in [2.05, 4.69) is 40.4 Å². The van der Waals surface area contributed by atoms with Crippen LogP contribution in [0.25, 0.3) is 0 Å². The summed E-state index contributed by atoms with van der Waals surface area (Å²) in [6, 6.07) is 6.48. The number of hydrogen-bond acceptors (Lipinski definition) is 4. The van der Waals surface area contributed by atoms with E-state index in [4.69, 9.17) is 0 Å². The summed E-state index contributed by atoms with van der Waals surface area (Å²) < 4.78 is 0. The molecule has 0 radical (unpaired) electrons. The van der Waals surface area contributed by atoms with Crippen LogP contribution < -0.4 is 5.32 Å². The van der Waals surface area contributed by atoms with Gasteiger partial charge in [0.1, 0.15) is 6.29 Å². The Morgan fingerprint density at radius 1 is 1.26 bits per heavy atom. The number of aldehydes is 1. The smallest absolute Gasteiger partial charge is 0.227 e. The van der Waals surface area contributed by atoms with Gasteiger partial charge in [0, 0.05) is 33.1 Å². The molecule has 1 saturated heterocycles. The maximum absolute atomic E-state index is 12.2. The summed E-state index contributed by atoms with van der Waals surface area (Å²) in [6.07, 6.45) is 5.55. The summed E-state index contributed by atoms with van der Waals surface area (Å²) in [7, 11) is 3.88. The molecular weight excluding hydrogens is 338 g/mol. The third kappa shape index (κ3) is 5.17. The monoisotopic (exact) mass is 371 g/mol. The third-order valence-corrected chi connectivity index (χ3v) is 6.21. The molecule has 1 fully saturated rings. The summed E-state index contributed by atoms with van der Waals surface area (Å²) >= 11 is 0. The van der Waals surface area contributed by atoms with Crippen molar-refractivity contribution in [2.45, 2.75) is 44.6 Å².